The Morgan fingerprint density at radius 1 is 1.28 bits per heavy atom. The van der Waals surface area contributed by atoms with E-state index in [4.69, 9.17) is 4.74 Å². The monoisotopic (exact) mass is 400 g/mol. The van der Waals surface area contributed by atoms with E-state index in [1.54, 1.807) is 0 Å². The number of nitrogens with one attached hydrogen (secondary N) is 2. The van der Waals surface area contributed by atoms with Gasteiger partial charge in [0.15, 0.2) is 11.8 Å². The molecular weight excluding hydrogens is 368 g/mol. The number of fused-ring (bicyclic) bond motifs is 1. The first-order chi connectivity index (χ1) is 14.1. The average Bonchev–Trinajstić information content (AvgIpc) is 3.13. The van der Waals surface area contributed by atoms with Gasteiger partial charge in [-0.2, -0.15) is 0 Å². The minimum absolute atomic E-state index is 0.0934. The maximum atomic E-state index is 10.6. The molecule has 0 fully saturated rings. The number of hydrogen-bond donors (Lipinski definition) is 3. The Balaban J connectivity index is 1.60. The molecule has 1 aliphatic heterocycles. The summed E-state index contributed by atoms with van der Waals surface area (Å²) in [5.41, 5.74) is 0.804. The summed E-state index contributed by atoms with van der Waals surface area (Å²) in [4.78, 5) is 4.62. The summed E-state index contributed by atoms with van der Waals surface area (Å²) in [5.74, 6) is 3.34. The van der Waals surface area contributed by atoms with Gasteiger partial charge in [-0.25, -0.2) is 4.99 Å². The Morgan fingerprint density at radius 3 is 2.93 bits per heavy atom. The smallest absolute Gasteiger partial charge is 0.191 e. The molecule has 0 aliphatic carbocycles. The first kappa shape index (κ1) is 21.1. The van der Waals surface area contributed by atoms with Gasteiger partial charge in [0.2, 0.25) is 0 Å². The molecule has 1 unspecified atom stereocenters. The molecule has 0 spiro atoms. The van der Waals surface area contributed by atoms with E-state index in [0.717, 1.165) is 48.9 Å². The van der Waals surface area contributed by atoms with Crippen LogP contribution < -0.4 is 15.4 Å². The summed E-state index contributed by atoms with van der Waals surface area (Å²) >= 11 is 0. The summed E-state index contributed by atoms with van der Waals surface area (Å²) in [7, 11) is 0. The van der Waals surface area contributed by atoms with Gasteiger partial charge in [-0.1, -0.05) is 12.1 Å². The summed E-state index contributed by atoms with van der Waals surface area (Å²) in [5, 5.41) is 25.6. The number of nitrogens with zero attached hydrogens (tertiary/aromatic N) is 4. The van der Waals surface area contributed by atoms with Gasteiger partial charge in [0, 0.05) is 26.1 Å². The van der Waals surface area contributed by atoms with Crippen LogP contribution in [0.1, 0.15) is 56.9 Å². The van der Waals surface area contributed by atoms with Gasteiger partial charge in [-0.05, 0) is 51.3 Å². The first-order valence-electron chi connectivity index (χ1n) is 10.4. The van der Waals surface area contributed by atoms with Crippen molar-refractivity contribution in [3.63, 3.8) is 0 Å². The third-order valence-corrected chi connectivity index (χ3v) is 4.74. The lowest BCUT2D eigenvalue weighted by Crippen LogP contribution is -2.39. The highest BCUT2D eigenvalue weighted by atomic mass is 16.5. The van der Waals surface area contributed by atoms with Crippen LogP contribution in [0.4, 0.5) is 0 Å². The van der Waals surface area contributed by atoms with Crippen molar-refractivity contribution in [1.82, 2.24) is 25.4 Å². The number of hydrogen-bond acceptors (Lipinski definition) is 5. The normalized spacial score (nSPS) is 15.1. The second kappa shape index (κ2) is 10.2. The van der Waals surface area contributed by atoms with Crippen LogP contribution in [0, 0.1) is 0 Å². The minimum Gasteiger partial charge on any atom is -0.491 e. The van der Waals surface area contributed by atoms with E-state index in [0.29, 0.717) is 19.0 Å². The van der Waals surface area contributed by atoms with Crippen molar-refractivity contribution < 1.29 is 9.84 Å². The predicted octanol–water partition coefficient (Wildman–Crippen LogP) is 2.19. The van der Waals surface area contributed by atoms with Gasteiger partial charge in [-0.3, -0.25) is 0 Å². The van der Waals surface area contributed by atoms with E-state index in [1.165, 1.54) is 6.42 Å². The SMILES string of the molecule is CCNC(=NCc1nnc2n1CCCC2)NCC(O)c1cccc(OC(C)C)c1. The summed E-state index contributed by atoms with van der Waals surface area (Å²) in [6.07, 6.45) is 2.74. The molecule has 8 heteroatoms. The number of aliphatic hydroxyl groups excluding tert-OH is 1. The molecular formula is C21H32N6O2. The van der Waals surface area contributed by atoms with E-state index in [9.17, 15) is 5.11 Å². The van der Waals surface area contributed by atoms with E-state index >= 15 is 0 Å². The van der Waals surface area contributed by atoms with Crippen LogP contribution in [0.25, 0.3) is 0 Å². The van der Waals surface area contributed by atoms with Crippen molar-refractivity contribution in [2.24, 2.45) is 4.99 Å². The fraction of sp³-hybridized carbons (Fsp3) is 0.571. The second-order valence-electron chi connectivity index (χ2n) is 7.47. The third-order valence-electron chi connectivity index (χ3n) is 4.74. The molecule has 2 aromatic rings. The molecule has 3 N–H and O–H groups in total. The number of aryl methyl sites for hydroxylation is 1. The molecule has 1 aromatic carbocycles. The number of benzene rings is 1. The standard InChI is InChI=1S/C21H32N6O2/c1-4-22-21(24-14-20-26-25-19-10-5-6-11-27(19)20)23-13-18(28)16-8-7-9-17(12-16)29-15(2)3/h7-9,12,15,18,28H,4-6,10-11,13-14H2,1-3H3,(H2,22,23,24). The van der Waals surface area contributed by atoms with Crippen molar-refractivity contribution in [1.29, 1.82) is 0 Å². The topological polar surface area (TPSA) is 96.6 Å². The number of ether oxygens (including phenoxy) is 1. The van der Waals surface area contributed by atoms with E-state index in [1.807, 2.05) is 45.0 Å². The Labute approximate surface area is 172 Å². The van der Waals surface area contributed by atoms with Crippen LogP contribution in [-0.2, 0) is 19.5 Å². The first-order valence-corrected chi connectivity index (χ1v) is 10.4. The molecule has 0 radical (unpaired) electrons. The quantitative estimate of drug-likeness (QED) is 0.464. The molecule has 8 nitrogen and oxygen atoms in total. The Bertz CT molecular complexity index is 817. The fourth-order valence-electron chi connectivity index (χ4n) is 3.36. The highest BCUT2D eigenvalue weighted by Gasteiger charge is 2.15. The molecule has 29 heavy (non-hydrogen) atoms. The Kier molecular flexibility index (Phi) is 7.46. The number of aliphatic hydroxyl groups is 1. The van der Waals surface area contributed by atoms with E-state index < -0.39 is 6.10 Å². The maximum Gasteiger partial charge on any atom is 0.191 e. The zero-order valence-electron chi connectivity index (χ0n) is 17.6. The lowest BCUT2D eigenvalue weighted by atomic mass is 10.1. The summed E-state index contributed by atoms with van der Waals surface area (Å²) < 4.78 is 7.88. The highest BCUT2D eigenvalue weighted by molar-refractivity contribution is 5.79. The Hall–Kier alpha value is -2.61. The highest BCUT2D eigenvalue weighted by Crippen LogP contribution is 2.20. The van der Waals surface area contributed by atoms with Gasteiger partial charge in [-0.15, -0.1) is 10.2 Å². The van der Waals surface area contributed by atoms with Gasteiger partial charge < -0.3 is 25.0 Å². The van der Waals surface area contributed by atoms with Gasteiger partial charge >= 0.3 is 0 Å². The van der Waals surface area contributed by atoms with E-state index in [-0.39, 0.29) is 6.10 Å². The van der Waals surface area contributed by atoms with Crippen molar-refractivity contribution in [3.05, 3.63) is 41.5 Å². The minimum atomic E-state index is -0.671. The second-order valence-corrected chi connectivity index (χ2v) is 7.47. The van der Waals surface area contributed by atoms with Crippen molar-refractivity contribution in [3.8, 4) is 5.75 Å². The molecule has 1 aliphatic rings. The molecule has 1 aromatic heterocycles. The molecule has 158 valence electrons. The molecule has 0 saturated heterocycles. The number of aliphatic imine (C=N–C) groups is 1. The Morgan fingerprint density at radius 2 is 2.14 bits per heavy atom. The third kappa shape index (κ3) is 5.93. The van der Waals surface area contributed by atoms with Crippen LogP contribution in [-0.4, -0.2) is 45.0 Å². The lowest BCUT2D eigenvalue weighted by molar-refractivity contribution is 0.179. The maximum absolute atomic E-state index is 10.6. The van der Waals surface area contributed by atoms with Gasteiger partial charge in [0.25, 0.3) is 0 Å². The van der Waals surface area contributed by atoms with Crippen LogP contribution >= 0.6 is 0 Å². The summed E-state index contributed by atoms with van der Waals surface area (Å²) in [6.45, 7) is 8.47. The van der Waals surface area contributed by atoms with Crippen LogP contribution in [0.15, 0.2) is 29.3 Å². The molecule has 0 bridgehead atoms. The molecule has 0 amide bonds. The zero-order chi connectivity index (χ0) is 20.6. The summed E-state index contributed by atoms with van der Waals surface area (Å²) in [6, 6.07) is 7.56. The van der Waals surface area contributed by atoms with Gasteiger partial charge in [0.1, 0.15) is 18.1 Å². The van der Waals surface area contributed by atoms with Crippen LogP contribution in [0.5, 0.6) is 5.75 Å². The lowest BCUT2D eigenvalue weighted by Gasteiger charge is -2.17. The van der Waals surface area contributed by atoms with Crippen LogP contribution in [0.2, 0.25) is 0 Å². The number of aromatic nitrogens is 3. The van der Waals surface area contributed by atoms with Crippen molar-refractivity contribution in [2.75, 3.05) is 13.1 Å². The average molecular weight is 401 g/mol. The predicted molar refractivity (Wildman–Crippen MR) is 113 cm³/mol. The van der Waals surface area contributed by atoms with Crippen molar-refractivity contribution >= 4 is 5.96 Å². The fourth-order valence-corrected chi connectivity index (χ4v) is 3.36. The van der Waals surface area contributed by atoms with Gasteiger partial charge in [0.05, 0.1) is 12.2 Å². The number of rotatable bonds is 8. The molecule has 2 heterocycles. The molecule has 0 saturated carbocycles. The van der Waals surface area contributed by atoms with E-state index in [2.05, 4.69) is 30.4 Å². The van der Waals surface area contributed by atoms with Crippen LogP contribution in [0.3, 0.4) is 0 Å². The van der Waals surface area contributed by atoms with Crippen molar-refractivity contribution in [2.45, 2.75) is 65.3 Å². The molecule has 3 rings (SSSR count). The number of guanidine groups is 1. The zero-order valence-corrected chi connectivity index (χ0v) is 17.6. The molecule has 1 atom stereocenters. The largest absolute Gasteiger partial charge is 0.491 e.